The maximum Gasteiger partial charge on any atom is 0.303 e. The molecular formula is C12H23NO3. The molecule has 94 valence electrons. The molecule has 1 aliphatic heterocycles. The highest BCUT2D eigenvalue weighted by Crippen LogP contribution is 2.27. The fourth-order valence-corrected chi connectivity index (χ4v) is 2.26. The van der Waals surface area contributed by atoms with Gasteiger partial charge in [-0.3, -0.25) is 4.79 Å². The molecule has 1 heterocycles. The molecule has 0 bridgehead atoms. The Morgan fingerprint density at radius 1 is 1.38 bits per heavy atom. The van der Waals surface area contributed by atoms with Gasteiger partial charge in [0.2, 0.25) is 0 Å². The van der Waals surface area contributed by atoms with Gasteiger partial charge in [0.1, 0.15) is 0 Å². The zero-order valence-electron chi connectivity index (χ0n) is 10.3. The summed E-state index contributed by atoms with van der Waals surface area (Å²) in [6.07, 6.45) is 1.86. The molecule has 0 aromatic heterocycles. The van der Waals surface area contributed by atoms with Gasteiger partial charge in [-0.2, -0.15) is 0 Å². The van der Waals surface area contributed by atoms with E-state index >= 15 is 0 Å². The molecule has 1 aliphatic rings. The molecule has 4 nitrogen and oxygen atoms in total. The first-order valence-electron chi connectivity index (χ1n) is 6.08. The molecule has 0 amide bonds. The van der Waals surface area contributed by atoms with Crippen molar-refractivity contribution in [1.82, 2.24) is 4.90 Å². The first kappa shape index (κ1) is 13.5. The number of likely N-dealkylation sites (tertiary alicyclic amines) is 1. The van der Waals surface area contributed by atoms with Crippen LogP contribution in [0.2, 0.25) is 0 Å². The largest absolute Gasteiger partial charge is 0.481 e. The van der Waals surface area contributed by atoms with E-state index in [9.17, 15) is 9.90 Å². The smallest absolute Gasteiger partial charge is 0.303 e. The van der Waals surface area contributed by atoms with Crippen molar-refractivity contribution >= 4 is 5.97 Å². The van der Waals surface area contributed by atoms with E-state index in [0.29, 0.717) is 25.2 Å². The van der Waals surface area contributed by atoms with Crippen molar-refractivity contribution < 1.29 is 15.0 Å². The Hall–Kier alpha value is -0.610. The standard InChI is InChI=1S/C12H23NO3/c1-10(2)9-13-7-5-12(16,6-8-13)4-3-11(14)15/h10,16H,3-9H2,1-2H3,(H,14,15). The molecule has 1 fully saturated rings. The second-order valence-electron chi connectivity index (χ2n) is 5.31. The molecule has 0 aromatic rings. The number of aliphatic carboxylic acids is 1. The van der Waals surface area contributed by atoms with Crippen LogP contribution in [0, 0.1) is 5.92 Å². The summed E-state index contributed by atoms with van der Waals surface area (Å²) in [6, 6.07) is 0. The highest BCUT2D eigenvalue weighted by molar-refractivity contribution is 5.66. The van der Waals surface area contributed by atoms with Gasteiger partial charge in [0.25, 0.3) is 0 Å². The van der Waals surface area contributed by atoms with Crippen molar-refractivity contribution in [3.05, 3.63) is 0 Å². The van der Waals surface area contributed by atoms with Crippen molar-refractivity contribution in [2.75, 3.05) is 19.6 Å². The number of carboxylic acid groups (broad SMARTS) is 1. The Balaban J connectivity index is 2.32. The van der Waals surface area contributed by atoms with Crippen molar-refractivity contribution in [2.24, 2.45) is 5.92 Å². The van der Waals surface area contributed by atoms with E-state index in [1.165, 1.54) is 0 Å². The van der Waals surface area contributed by atoms with Crippen molar-refractivity contribution in [2.45, 2.75) is 45.1 Å². The maximum atomic E-state index is 10.5. The number of carbonyl (C=O) groups is 1. The van der Waals surface area contributed by atoms with Gasteiger partial charge in [0.05, 0.1) is 5.60 Å². The number of piperidine rings is 1. The number of hydrogen-bond donors (Lipinski definition) is 2. The maximum absolute atomic E-state index is 10.5. The van der Waals surface area contributed by atoms with Crippen LogP contribution in [0.4, 0.5) is 0 Å². The number of carboxylic acids is 1. The molecule has 2 N–H and O–H groups in total. The first-order chi connectivity index (χ1) is 7.41. The van der Waals surface area contributed by atoms with Crippen LogP contribution in [0.25, 0.3) is 0 Å². The minimum atomic E-state index is -0.821. The number of rotatable bonds is 5. The zero-order valence-corrected chi connectivity index (χ0v) is 10.3. The van der Waals surface area contributed by atoms with E-state index < -0.39 is 11.6 Å². The molecule has 0 aromatic carbocycles. The molecule has 1 saturated heterocycles. The molecular weight excluding hydrogens is 206 g/mol. The fraction of sp³-hybridized carbons (Fsp3) is 0.917. The summed E-state index contributed by atoms with van der Waals surface area (Å²) in [7, 11) is 0. The highest BCUT2D eigenvalue weighted by Gasteiger charge is 2.32. The summed E-state index contributed by atoms with van der Waals surface area (Å²) in [6.45, 7) is 7.20. The minimum absolute atomic E-state index is 0.0701. The lowest BCUT2D eigenvalue weighted by Gasteiger charge is -2.38. The summed E-state index contributed by atoms with van der Waals surface area (Å²) >= 11 is 0. The van der Waals surface area contributed by atoms with Gasteiger partial charge in [-0.15, -0.1) is 0 Å². The molecule has 0 spiro atoms. The van der Waals surface area contributed by atoms with Gasteiger partial charge < -0.3 is 15.1 Å². The Bertz CT molecular complexity index is 232. The van der Waals surface area contributed by atoms with E-state index in [1.54, 1.807) is 0 Å². The summed E-state index contributed by atoms with van der Waals surface area (Å²) < 4.78 is 0. The first-order valence-corrected chi connectivity index (χ1v) is 6.08. The van der Waals surface area contributed by atoms with Crippen LogP contribution in [0.1, 0.15) is 39.5 Å². The van der Waals surface area contributed by atoms with Crippen LogP contribution in [-0.2, 0) is 4.79 Å². The normalized spacial score (nSPS) is 21.2. The lowest BCUT2D eigenvalue weighted by Crippen LogP contribution is -2.45. The van der Waals surface area contributed by atoms with Crippen LogP contribution in [0.15, 0.2) is 0 Å². The van der Waals surface area contributed by atoms with Gasteiger partial charge in [-0.05, 0) is 25.2 Å². The lowest BCUT2D eigenvalue weighted by molar-refractivity contribution is -0.139. The molecule has 0 saturated carbocycles. The van der Waals surface area contributed by atoms with E-state index in [4.69, 9.17) is 5.11 Å². The van der Waals surface area contributed by atoms with Crippen molar-refractivity contribution in [3.63, 3.8) is 0 Å². The summed E-state index contributed by atoms with van der Waals surface area (Å²) in [5.41, 5.74) is -0.744. The molecule has 0 unspecified atom stereocenters. The van der Waals surface area contributed by atoms with Gasteiger partial charge in [0, 0.05) is 26.1 Å². The van der Waals surface area contributed by atoms with Gasteiger partial charge in [-0.25, -0.2) is 0 Å². The highest BCUT2D eigenvalue weighted by atomic mass is 16.4. The van der Waals surface area contributed by atoms with E-state index in [2.05, 4.69) is 18.7 Å². The summed E-state index contributed by atoms with van der Waals surface area (Å²) in [4.78, 5) is 12.8. The third-order valence-corrected chi connectivity index (χ3v) is 3.21. The predicted molar refractivity (Wildman–Crippen MR) is 62.3 cm³/mol. The topological polar surface area (TPSA) is 60.8 Å². The monoisotopic (exact) mass is 229 g/mol. The second-order valence-corrected chi connectivity index (χ2v) is 5.31. The molecule has 0 atom stereocenters. The fourth-order valence-electron chi connectivity index (χ4n) is 2.26. The van der Waals surface area contributed by atoms with Crippen LogP contribution >= 0.6 is 0 Å². The third-order valence-electron chi connectivity index (χ3n) is 3.21. The molecule has 0 radical (unpaired) electrons. The van der Waals surface area contributed by atoms with Crippen LogP contribution in [0.3, 0.4) is 0 Å². The van der Waals surface area contributed by atoms with Crippen LogP contribution < -0.4 is 0 Å². The van der Waals surface area contributed by atoms with E-state index in [0.717, 1.165) is 19.6 Å². The predicted octanol–water partition coefficient (Wildman–Crippen LogP) is 1.33. The van der Waals surface area contributed by atoms with Gasteiger partial charge >= 0.3 is 5.97 Å². The van der Waals surface area contributed by atoms with E-state index in [-0.39, 0.29) is 6.42 Å². The Morgan fingerprint density at radius 2 is 1.94 bits per heavy atom. The molecule has 1 rings (SSSR count). The molecule has 16 heavy (non-hydrogen) atoms. The summed E-state index contributed by atoms with van der Waals surface area (Å²) in [5, 5.41) is 18.8. The Kier molecular flexibility index (Phi) is 4.74. The summed E-state index contributed by atoms with van der Waals surface area (Å²) in [5.74, 6) is -0.178. The zero-order chi connectivity index (χ0) is 12.2. The third kappa shape index (κ3) is 4.49. The average molecular weight is 229 g/mol. The van der Waals surface area contributed by atoms with Gasteiger partial charge in [0.15, 0.2) is 0 Å². The number of nitrogens with zero attached hydrogens (tertiary/aromatic N) is 1. The minimum Gasteiger partial charge on any atom is -0.481 e. The molecule has 4 heteroatoms. The average Bonchev–Trinajstić information content (AvgIpc) is 2.19. The number of hydrogen-bond acceptors (Lipinski definition) is 3. The van der Waals surface area contributed by atoms with Crippen molar-refractivity contribution in [3.8, 4) is 0 Å². The quantitative estimate of drug-likeness (QED) is 0.746. The van der Waals surface area contributed by atoms with Crippen LogP contribution in [-0.4, -0.2) is 46.3 Å². The Labute approximate surface area is 97.3 Å². The molecule has 0 aliphatic carbocycles. The van der Waals surface area contributed by atoms with E-state index in [1.807, 2.05) is 0 Å². The second kappa shape index (κ2) is 5.64. The SMILES string of the molecule is CC(C)CN1CCC(O)(CCC(=O)O)CC1. The Morgan fingerprint density at radius 3 is 2.38 bits per heavy atom. The van der Waals surface area contributed by atoms with Crippen LogP contribution in [0.5, 0.6) is 0 Å². The lowest BCUT2D eigenvalue weighted by atomic mass is 9.87. The number of aliphatic hydroxyl groups is 1. The van der Waals surface area contributed by atoms with Crippen molar-refractivity contribution in [1.29, 1.82) is 0 Å². The van der Waals surface area contributed by atoms with Gasteiger partial charge in [-0.1, -0.05) is 13.8 Å².